The lowest BCUT2D eigenvalue weighted by Crippen LogP contribution is -2.22. The van der Waals surface area contributed by atoms with Crippen LogP contribution in [-0.2, 0) is 9.53 Å². The van der Waals surface area contributed by atoms with Crippen LogP contribution in [0.15, 0.2) is 29.4 Å². The summed E-state index contributed by atoms with van der Waals surface area (Å²) in [6.07, 6.45) is 7.62. The maximum atomic E-state index is 12.5. The molecule has 1 aliphatic carbocycles. The van der Waals surface area contributed by atoms with Gasteiger partial charge in [-0.05, 0) is 50.5 Å². The standard InChI is InChI=1S/C22H31N3O3S/c1-4-9-19(21(26)28-5-2)29-22-24-23-20(16-12-14-18(27-3)15-13-16)25(22)17-10-7-6-8-11-17/h12-15,17,19H,4-11H2,1-3H3/t19-/m1/s1. The molecule has 0 unspecified atom stereocenters. The molecule has 1 aliphatic rings. The lowest BCUT2D eigenvalue weighted by Gasteiger charge is -2.26. The first-order chi connectivity index (χ1) is 14.2. The van der Waals surface area contributed by atoms with Gasteiger partial charge in [-0.2, -0.15) is 0 Å². The molecule has 0 amide bonds. The minimum Gasteiger partial charge on any atom is -0.497 e. The van der Waals surface area contributed by atoms with Crippen molar-refractivity contribution >= 4 is 17.7 Å². The van der Waals surface area contributed by atoms with E-state index in [1.807, 2.05) is 31.2 Å². The first-order valence-electron chi connectivity index (χ1n) is 10.6. The van der Waals surface area contributed by atoms with Crippen LogP contribution in [0.25, 0.3) is 11.4 Å². The number of hydrogen-bond donors (Lipinski definition) is 0. The number of rotatable bonds is 9. The van der Waals surface area contributed by atoms with Crippen LogP contribution in [0, 0.1) is 0 Å². The normalized spacial score (nSPS) is 15.8. The molecule has 6 nitrogen and oxygen atoms in total. The molecule has 1 atom stereocenters. The third kappa shape index (κ3) is 5.32. The number of carbonyl (C=O) groups excluding carboxylic acids is 1. The lowest BCUT2D eigenvalue weighted by atomic mass is 9.95. The van der Waals surface area contributed by atoms with Crippen LogP contribution in [0.1, 0.15) is 64.8 Å². The van der Waals surface area contributed by atoms with Crippen LogP contribution >= 0.6 is 11.8 Å². The van der Waals surface area contributed by atoms with Crippen molar-refractivity contribution in [3.05, 3.63) is 24.3 Å². The van der Waals surface area contributed by atoms with Gasteiger partial charge >= 0.3 is 5.97 Å². The molecule has 1 aromatic carbocycles. The lowest BCUT2D eigenvalue weighted by molar-refractivity contribution is -0.142. The van der Waals surface area contributed by atoms with Gasteiger partial charge in [0.25, 0.3) is 0 Å². The average Bonchev–Trinajstić information content (AvgIpc) is 3.18. The van der Waals surface area contributed by atoms with Crippen LogP contribution in [0.3, 0.4) is 0 Å². The Bertz CT molecular complexity index is 785. The predicted molar refractivity (Wildman–Crippen MR) is 115 cm³/mol. The molecular formula is C22H31N3O3S. The third-order valence-electron chi connectivity index (χ3n) is 5.30. The van der Waals surface area contributed by atoms with Crippen molar-refractivity contribution in [2.45, 2.75) is 75.2 Å². The molecule has 1 heterocycles. The van der Waals surface area contributed by atoms with Crippen LogP contribution in [0.2, 0.25) is 0 Å². The zero-order valence-corrected chi connectivity index (χ0v) is 18.4. The van der Waals surface area contributed by atoms with E-state index in [-0.39, 0.29) is 11.2 Å². The number of nitrogens with zero attached hydrogens (tertiary/aromatic N) is 3. The first kappa shape index (κ1) is 21.7. The number of hydrogen-bond acceptors (Lipinski definition) is 6. The van der Waals surface area contributed by atoms with Gasteiger partial charge in [0.1, 0.15) is 11.0 Å². The van der Waals surface area contributed by atoms with Crippen LogP contribution in [-0.4, -0.2) is 39.7 Å². The summed E-state index contributed by atoms with van der Waals surface area (Å²) < 4.78 is 12.8. The molecule has 0 spiro atoms. The summed E-state index contributed by atoms with van der Waals surface area (Å²) in [5.74, 6) is 1.52. The molecule has 1 fully saturated rings. The molecule has 1 aromatic heterocycles. The second-order valence-corrected chi connectivity index (χ2v) is 8.51. The van der Waals surface area contributed by atoms with Gasteiger partial charge in [-0.15, -0.1) is 10.2 Å². The second kappa shape index (κ2) is 10.7. The van der Waals surface area contributed by atoms with Gasteiger partial charge in [-0.3, -0.25) is 9.36 Å². The summed E-state index contributed by atoms with van der Waals surface area (Å²) >= 11 is 1.49. The Kier molecular flexibility index (Phi) is 7.98. The van der Waals surface area contributed by atoms with E-state index in [2.05, 4.69) is 21.7 Å². The van der Waals surface area contributed by atoms with E-state index in [1.54, 1.807) is 7.11 Å². The van der Waals surface area contributed by atoms with E-state index in [0.717, 1.165) is 48.0 Å². The van der Waals surface area contributed by atoms with Gasteiger partial charge in [0.05, 0.1) is 13.7 Å². The summed E-state index contributed by atoms with van der Waals surface area (Å²) in [5.41, 5.74) is 1.01. The SMILES string of the molecule is CCC[C@@H](Sc1nnc(-c2ccc(OC)cc2)n1C1CCCCC1)C(=O)OCC. The topological polar surface area (TPSA) is 66.2 Å². The molecule has 0 radical (unpaired) electrons. The first-order valence-corrected chi connectivity index (χ1v) is 11.5. The largest absolute Gasteiger partial charge is 0.497 e. The number of benzene rings is 1. The number of ether oxygens (including phenoxy) is 2. The Hall–Kier alpha value is -2.02. The van der Waals surface area contributed by atoms with Crippen molar-refractivity contribution in [3.63, 3.8) is 0 Å². The van der Waals surface area contributed by atoms with E-state index in [4.69, 9.17) is 9.47 Å². The van der Waals surface area contributed by atoms with Crippen molar-refractivity contribution in [2.75, 3.05) is 13.7 Å². The maximum absolute atomic E-state index is 12.5. The van der Waals surface area contributed by atoms with Crippen molar-refractivity contribution < 1.29 is 14.3 Å². The highest BCUT2D eigenvalue weighted by molar-refractivity contribution is 8.00. The van der Waals surface area contributed by atoms with Gasteiger partial charge in [0, 0.05) is 11.6 Å². The Balaban J connectivity index is 1.95. The summed E-state index contributed by atoms with van der Waals surface area (Å²) in [6, 6.07) is 8.29. The number of esters is 1. The third-order valence-corrected chi connectivity index (χ3v) is 6.50. The van der Waals surface area contributed by atoms with E-state index in [0.29, 0.717) is 12.6 Å². The van der Waals surface area contributed by atoms with Gasteiger partial charge in [0.2, 0.25) is 0 Å². The molecule has 158 valence electrons. The molecule has 1 saturated carbocycles. The van der Waals surface area contributed by atoms with Gasteiger partial charge in [-0.25, -0.2) is 0 Å². The fraction of sp³-hybridized carbons (Fsp3) is 0.591. The van der Waals surface area contributed by atoms with Crippen LogP contribution < -0.4 is 4.74 Å². The van der Waals surface area contributed by atoms with Crippen molar-refractivity contribution in [2.24, 2.45) is 0 Å². The quantitative estimate of drug-likeness (QED) is 0.408. The second-order valence-electron chi connectivity index (χ2n) is 7.34. The maximum Gasteiger partial charge on any atom is 0.319 e. The van der Waals surface area contributed by atoms with E-state index in [9.17, 15) is 4.79 Å². The highest BCUT2D eigenvalue weighted by Crippen LogP contribution is 2.37. The van der Waals surface area contributed by atoms with E-state index >= 15 is 0 Å². The Morgan fingerprint density at radius 2 is 1.90 bits per heavy atom. The fourth-order valence-corrected chi connectivity index (χ4v) is 5.02. The zero-order valence-electron chi connectivity index (χ0n) is 17.6. The zero-order chi connectivity index (χ0) is 20.6. The summed E-state index contributed by atoms with van der Waals surface area (Å²) in [5, 5.41) is 9.61. The van der Waals surface area contributed by atoms with Crippen molar-refractivity contribution in [3.8, 4) is 17.1 Å². The molecule has 0 saturated heterocycles. The Labute approximate surface area is 177 Å². The fourth-order valence-electron chi connectivity index (χ4n) is 3.81. The number of thioether (sulfide) groups is 1. The molecule has 7 heteroatoms. The summed E-state index contributed by atoms with van der Waals surface area (Å²) in [6.45, 7) is 4.32. The molecule has 29 heavy (non-hydrogen) atoms. The summed E-state index contributed by atoms with van der Waals surface area (Å²) in [4.78, 5) is 12.5. The average molecular weight is 418 g/mol. The predicted octanol–water partition coefficient (Wildman–Crippen LogP) is 5.28. The number of carbonyl (C=O) groups is 1. The highest BCUT2D eigenvalue weighted by Gasteiger charge is 2.28. The molecule has 3 rings (SSSR count). The minimum atomic E-state index is -0.254. The highest BCUT2D eigenvalue weighted by atomic mass is 32.2. The number of methoxy groups -OCH3 is 1. The number of aromatic nitrogens is 3. The van der Waals surface area contributed by atoms with Crippen molar-refractivity contribution in [1.29, 1.82) is 0 Å². The molecule has 0 aliphatic heterocycles. The molecule has 0 N–H and O–H groups in total. The van der Waals surface area contributed by atoms with Crippen LogP contribution in [0.5, 0.6) is 5.75 Å². The molecule has 0 bridgehead atoms. The van der Waals surface area contributed by atoms with Gasteiger partial charge in [-0.1, -0.05) is 44.4 Å². The van der Waals surface area contributed by atoms with E-state index < -0.39 is 0 Å². The molecular weight excluding hydrogens is 386 g/mol. The smallest absolute Gasteiger partial charge is 0.319 e. The van der Waals surface area contributed by atoms with Crippen molar-refractivity contribution in [1.82, 2.24) is 14.8 Å². The van der Waals surface area contributed by atoms with Crippen LogP contribution in [0.4, 0.5) is 0 Å². The Morgan fingerprint density at radius 1 is 1.17 bits per heavy atom. The van der Waals surface area contributed by atoms with Gasteiger partial charge < -0.3 is 9.47 Å². The van der Waals surface area contributed by atoms with E-state index in [1.165, 1.54) is 31.0 Å². The molecule has 2 aromatic rings. The van der Waals surface area contributed by atoms with Gasteiger partial charge in [0.15, 0.2) is 11.0 Å². The summed E-state index contributed by atoms with van der Waals surface area (Å²) in [7, 11) is 1.66. The Morgan fingerprint density at radius 3 is 2.52 bits per heavy atom. The monoisotopic (exact) mass is 417 g/mol. The minimum absolute atomic E-state index is 0.163.